The summed E-state index contributed by atoms with van der Waals surface area (Å²) in [5.41, 5.74) is 13.9. The van der Waals surface area contributed by atoms with Crippen molar-refractivity contribution < 1.29 is 4.79 Å². The van der Waals surface area contributed by atoms with Gasteiger partial charge in [-0.15, -0.1) is 5.11 Å². The molecule has 2 aromatic heterocycles. The van der Waals surface area contributed by atoms with E-state index in [2.05, 4.69) is 31.2 Å². The van der Waals surface area contributed by atoms with Gasteiger partial charge >= 0.3 is 0 Å². The summed E-state index contributed by atoms with van der Waals surface area (Å²) in [7, 11) is 0. The number of nitrogens with zero attached hydrogens (tertiary/aromatic N) is 5. The largest absolute Gasteiger partial charge is 0.383 e. The van der Waals surface area contributed by atoms with Gasteiger partial charge in [-0.3, -0.25) is 23.9 Å². The Morgan fingerprint density at radius 1 is 1.00 bits per heavy atom. The van der Waals surface area contributed by atoms with Gasteiger partial charge in [0.05, 0.1) is 5.69 Å². The molecular formula is C32H26ClN9O2S2. The van der Waals surface area contributed by atoms with Crippen molar-refractivity contribution in [1.82, 2.24) is 19.8 Å². The number of halogens is 1. The lowest BCUT2D eigenvalue weighted by molar-refractivity contribution is 0.0959. The molecule has 11 nitrogen and oxygen atoms in total. The quantitative estimate of drug-likeness (QED) is 0.0834. The number of fused-ring (bicyclic) bond motifs is 1. The van der Waals surface area contributed by atoms with E-state index in [0.29, 0.717) is 44.6 Å². The Kier molecular flexibility index (Phi) is 7.95. The standard InChI is InChI=1S/C32H26ClN9O2S2/c33-19-13-11-18(12-14-19)26-23-17-21(37-39-31(44)27-28(34)41(32(45)46-27)22-9-5-2-6-10-22)15-16-24(23)35-29-25(30(43)40-42(26)29)38-36-20-7-3-1-4-8-20/h1-14,26,35H,15-17,34H2,(H,39,44)(H,40,43). The fourth-order valence-corrected chi connectivity index (χ4v) is 7.02. The van der Waals surface area contributed by atoms with Crippen LogP contribution in [0.3, 0.4) is 0 Å². The number of hydrogen-bond acceptors (Lipinski definition) is 9. The van der Waals surface area contributed by atoms with Gasteiger partial charge in [0, 0.05) is 28.5 Å². The number of rotatable bonds is 6. The predicted molar refractivity (Wildman–Crippen MR) is 184 cm³/mol. The highest BCUT2D eigenvalue weighted by Crippen LogP contribution is 2.43. The van der Waals surface area contributed by atoms with Crippen molar-refractivity contribution in [3.63, 3.8) is 0 Å². The molecule has 14 heteroatoms. The van der Waals surface area contributed by atoms with Crippen LogP contribution in [0, 0.1) is 3.95 Å². The van der Waals surface area contributed by atoms with Gasteiger partial charge in [0.25, 0.3) is 11.5 Å². The first-order valence-corrected chi connectivity index (χ1v) is 16.0. The molecule has 5 N–H and O–H groups in total. The molecule has 0 spiro atoms. The minimum atomic E-state index is -0.433. The Bertz CT molecular complexity index is 2160. The number of nitrogens with two attached hydrogens (primary N) is 1. The minimum absolute atomic E-state index is 0.184. The highest BCUT2D eigenvalue weighted by Gasteiger charge is 2.35. The number of carbonyl (C=O) groups is 1. The molecule has 3 aromatic carbocycles. The first kappa shape index (κ1) is 29.6. The number of hydrogen-bond donors (Lipinski definition) is 4. The number of allylic oxidation sites excluding steroid dienone is 2. The van der Waals surface area contributed by atoms with Crippen molar-refractivity contribution in [3.8, 4) is 5.69 Å². The molecule has 3 heterocycles. The fourth-order valence-electron chi connectivity index (χ4n) is 5.64. The smallest absolute Gasteiger partial charge is 0.294 e. The molecule has 1 aliphatic heterocycles. The first-order chi connectivity index (χ1) is 22.4. The number of nitrogens with one attached hydrogen (secondary N) is 3. The average Bonchev–Trinajstić information content (AvgIpc) is 3.56. The summed E-state index contributed by atoms with van der Waals surface area (Å²) in [5.74, 6) is 0.352. The number of hydrazone groups is 1. The molecule has 5 aromatic rings. The van der Waals surface area contributed by atoms with Crippen LogP contribution in [0.5, 0.6) is 0 Å². The number of nitrogen functional groups attached to an aromatic ring is 1. The fraction of sp³-hybridized carbons (Fsp3) is 0.125. The Morgan fingerprint density at radius 2 is 1.72 bits per heavy atom. The first-order valence-electron chi connectivity index (χ1n) is 14.4. The van der Waals surface area contributed by atoms with E-state index in [1.54, 1.807) is 9.25 Å². The number of amides is 1. The lowest BCUT2D eigenvalue weighted by atomic mass is 9.85. The number of H-pyrrole nitrogens is 1. The van der Waals surface area contributed by atoms with Crippen LogP contribution in [0.4, 0.5) is 23.0 Å². The molecule has 0 fully saturated rings. The second-order valence-corrected chi connectivity index (χ2v) is 12.8. The molecule has 1 amide bonds. The molecule has 7 rings (SSSR count). The predicted octanol–water partition coefficient (Wildman–Crippen LogP) is 7.65. The summed E-state index contributed by atoms with van der Waals surface area (Å²) in [6.07, 6.45) is 1.64. The molecule has 230 valence electrons. The van der Waals surface area contributed by atoms with Crippen molar-refractivity contribution >= 4 is 69.8 Å². The number of para-hydroxylation sites is 1. The van der Waals surface area contributed by atoms with Crippen LogP contribution in [0.1, 0.15) is 40.5 Å². The second-order valence-electron chi connectivity index (χ2n) is 10.7. The normalized spacial score (nSPS) is 16.7. The molecule has 1 unspecified atom stereocenters. The van der Waals surface area contributed by atoms with Crippen molar-refractivity contribution in [2.24, 2.45) is 15.3 Å². The minimum Gasteiger partial charge on any atom is -0.383 e. The number of benzene rings is 3. The van der Waals surface area contributed by atoms with E-state index < -0.39 is 5.91 Å². The van der Waals surface area contributed by atoms with Gasteiger partial charge in [-0.25, -0.2) is 5.43 Å². The SMILES string of the molecule is Nc1c(C(=O)NN=C2CCC3=C(C2)C(c2ccc(Cl)cc2)n2[nH]c(=O)c(N=Nc4ccccc4)c2N3)sc(=S)n1-c1ccccc1. The lowest BCUT2D eigenvalue weighted by Gasteiger charge is -2.35. The summed E-state index contributed by atoms with van der Waals surface area (Å²) in [6, 6.07) is 25.8. The van der Waals surface area contributed by atoms with Crippen molar-refractivity contribution in [2.75, 3.05) is 11.1 Å². The molecule has 0 saturated heterocycles. The van der Waals surface area contributed by atoms with Crippen LogP contribution < -0.4 is 22.0 Å². The van der Waals surface area contributed by atoms with Crippen molar-refractivity contribution in [3.05, 3.63) is 126 Å². The molecule has 2 aliphatic rings. The third kappa shape index (κ3) is 5.60. The maximum Gasteiger partial charge on any atom is 0.294 e. The number of anilines is 2. The van der Waals surface area contributed by atoms with Crippen LogP contribution in [-0.2, 0) is 0 Å². The highest BCUT2D eigenvalue weighted by atomic mass is 35.5. The van der Waals surface area contributed by atoms with E-state index in [4.69, 9.17) is 29.6 Å². The zero-order valence-electron chi connectivity index (χ0n) is 24.1. The van der Waals surface area contributed by atoms with Gasteiger partial charge in [-0.05, 0) is 72.6 Å². The van der Waals surface area contributed by atoms with E-state index in [0.717, 1.165) is 39.6 Å². The van der Waals surface area contributed by atoms with Gasteiger partial charge in [0.1, 0.15) is 16.7 Å². The molecular weight excluding hydrogens is 642 g/mol. The summed E-state index contributed by atoms with van der Waals surface area (Å²) in [4.78, 5) is 26.7. The van der Waals surface area contributed by atoms with Crippen LogP contribution in [0.15, 0.2) is 116 Å². The summed E-state index contributed by atoms with van der Waals surface area (Å²) < 4.78 is 3.91. The van der Waals surface area contributed by atoms with Gasteiger partial charge in [0.2, 0.25) is 0 Å². The van der Waals surface area contributed by atoms with E-state index >= 15 is 0 Å². The molecule has 1 aliphatic carbocycles. The van der Waals surface area contributed by atoms with Crippen LogP contribution in [0.25, 0.3) is 5.69 Å². The van der Waals surface area contributed by atoms with Crippen LogP contribution >= 0.6 is 35.2 Å². The summed E-state index contributed by atoms with van der Waals surface area (Å²) >= 11 is 12.9. The van der Waals surface area contributed by atoms with E-state index in [9.17, 15) is 9.59 Å². The van der Waals surface area contributed by atoms with E-state index in [1.807, 2.05) is 84.9 Å². The Labute approximate surface area is 276 Å². The molecule has 0 radical (unpaired) electrons. The molecule has 1 atom stereocenters. The maximum absolute atomic E-state index is 13.2. The third-order valence-electron chi connectivity index (χ3n) is 7.79. The Morgan fingerprint density at radius 3 is 2.46 bits per heavy atom. The summed E-state index contributed by atoms with van der Waals surface area (Å²) in [5, 5.41) is 20.1. The van der Waals surface area contributed by atoms with Crippen LogP contribution in [0.2, 0.25) is 5.02 Å². The monoisotopic (exact) mass is 667 g/mol. The van der Waals surface area contributed by atoms with Crippen LogP contribution in [-0.4, -0.2) is 26.0 Å². The number of aromatic nitrogens is 3. The third-order valence-corrected chi connectivity index (χ3v) is 9.44. The second kappa shape index (κ2) is 12.4. The van der Waals surface area contributed by atoms with Crippen molar-refractivity contribution in [2.45, 2.75) is 25.3 Å². The number of carbonyl (C=O) groups excluding carboxylic acids is 1. The maximum atomic E-state index is 13.2. The van der Waals surface area contributed by atoms with E-state index in [1.165, 1.54) is 0 Å². The van der Waals surface area contributed by atoms with Gasteiger partial charge in [0.15, 0.2) is 15.5 Å². The van der Waals surface area contributed by atoms with Crippen molar-refractivity contribution in [1.29, 1.82) is 0 Å². The Hall–Kier alpha value is -5.11. The van der Waals surface area contributed by atoms with Gasteiger partial charge < -0.3 is 11.1 Å². The zero-order valence-corrected chi connectivity index (χ0v) is 26.5. The number of azo groups is 1. The lowest BCUT2D eigenvalue weighted by Crippen LogP contribution is -2.30. The topological polar surface area (TPSA) is 147 Å². The number of aromatic amines is 1. The molecule has 46 heavy (non-hydrogen) atoms. The van der Waals surface area contributed by atoms with Gasteiger partial charge in [-0.1, -0.05) is 71.5 Å². The average molecular weight is 668 g/mol. The number of thiazole rings is 1. The highest BCUT2D eigenvalue weighted by molar-refractivity contribution is 7.73. The molecule has 0 bridgehead atoms. The zero-order chi connectivity index (χ0) is 31.8. The molecule has 0 saturated carbocycles. The Balaban J connectivity index is 1.19. The van der Waals surface area contributed by atoms with Gasteiger partial charge in [-0.2, -0.15) is 10.2 Å². The van der Waals surface area contributed by atoms with E-state index in [-0.39, 0.29) is 23.1 Å². The summed E-state index contributed by atoms with van der Waals surface area (Å²) in [6.45, 7) is 0.